The second kappa shape index (κ2) is 6.76. The van der Waals surface area contributed by atoms with E-state index in [1.165, 1.54) is 6.07 Å². The number of anilines is 1. The highest BCUT2D eigenvalue weighted by atomic mass is 127. The predicted octanol–water partition coefficient (Wildman–Crippen LogP) is 3.76. The summed E-state index contributed by atoms with van der Waals surface area (Å²) in [7, 11) is 0. The zero-order valence-corrected chi connectivity index (χ0v) is 15.7. The molecule has 7 nitrogen and oxygen atoms in total. The van der Waals surface area contributed by atoms with E-state index in [1.807, 2.05) is 22.6 Å². The Morgan fingerprint density at radius 1 is 0.955 bits per heavy atom. The molecule has 0 spiro atoms. The van der Waals surface area contributed by atoms with Crippen molar-refractivity contribution in [2.24, 2.45) is 0 Å². The zero-order chi connectivity index (χ0) is 17.1. The van der Waals surface area contributed by atoms with Crippen LogP contribution in [0.25, 0.3) is 0 Å². The van der Waals surface area contributed by atoms with Gasteiger partial charge >= 0.3 is 12.2 Å². The molecule has 122 valence electrons. The van der Waals surface area contributed by atoms with E-state index in [1.54, 1.807) is 47.6 Å². The topological polar surface area (TPSA) is 81.6 Å². The Morgan fingerprint density at radius 3 is 1.73 bits per heavy atom. The summed E-state index contributed by atoms with van der Waals surface area (Å²) in [5, 5.41) is 7.68. The third-order valence-electron chi connectivity index (χ3n) is 2.00. The summed E-state index contributed by atoms with van der Waals surface area (Å²) in [5.41, 5.74) is -1.51. The summed E-state index contributed by atoms with van der Waals surface area (Å²) in [6.07, 6.45) is -1.73. The van der Waals surface area contributed by atoms with Crippen molar-refractivity contribution in [3.05, 3.63) is 15.8 Å². The van der Waals surface area contributed by atoms with E-state index in [2.05, 4.69) is 10.2 Å². The van der Waals surface area contributed by atoms with Gasteiger partial charge in [-0.25, -0.2) is 9.59 Å². The lowest BCUT2D eigenvalue weighted by molar-refractivity contribution is 0.0428. The maximum atomic E-state index is 12.3. The monoisotopic (exact) mass is 421 g/mol. The first-order valence-corrected chi connectivity index (χ1v) is 7.72. The van der Waals surface area contributed by atoms with Gasteiger partial charge in [-0.15, -0.1) is 10.2 Å². The molecule has 0 aliphatic rings. The summed E-state index contributed by atoms with van der Waals surface area (Å²) in [6.45, 7) is 10.2. The third-order valence-corrected chi connectivity index (χ3v) is 2.57. The van der Waals surface area contributed by atoms with Crippen molar-refractivity contribution in [1.82, 2.24) is 10.2 Å². The summed E-state index contributed by atoms with van der Waals surface area (Å²) < 4.78 is 11.1. The molecular weight excluding hydrogens is 401 g/mol. The standard InChI is InChI=1S/C14H20IN3O4/c1-13(2,3)21-11(19)18(12(20)22-14(4,5)6)10-8-7-9(15)16-17-10/h7-8H,1-6H3. The predicted molar refractivity (Wildman–Crippen MR) is 89.7 cm³/mol. The largest absolute Gasteiger partial charge is 0.443 e. The fraction of sp³-hybridized carbons (Fsp3) is 0.571. The summed E-state index contributed by atoms with van der Waals surface area (Å²) >= 11 is 1.97. The van der Waals surface area contributed by atoms with E-state index in [-0.39, 0.29) is 5.82 Å². The molecule has 1 rings (SSSR count). The molecule has 0 aliphatic carbocycles. The van der Waals surface area contributed by atoms with E-state index < -0.39 is 23.4 Å². The van der Waals surface area contributed by atoms with E-state index in [0.717, 1.165) is 4.90 Å². The molecule has 0 aromatic carbocycles. The fourth-order valence-corrected chi connectivity index (χ4v) is 1.59. The Balaban J connectivity index is 3.12. The molecule has 0 fully saturated rings. The van der Waals surface area contributed by atoms with Crippen LogP contribution in [-0.2, 0) is 9.47 Å². The molecule has 8 heteroatoms. The molecule has 0 radical (unpaired) electrons. The summed E-state index contributed by atoms with van der Waals surface area (Å²) in [6, 6.07) is 3.13. The lowest BCUT2D eigenvalue weighted by Gasteiger charge is -2.27. The Bertz CT molecular complexity index is 519. The van der Waals surface area contributed by atoms with Crippen LogP contribution in [0.3, 0.4) is 0 Å². The minimum Gasteiger partial charge on any atom is -0.443 e. The number of imide groups is 1. The van der Waals surface area contributed by atoms with Gasteiger partial charge < -0.3 is 9.47 Å². The summed E-state index contributed by atoms with van der Waals surface area (Å²) in [5.74, 6) is 0.0453. The Labute approximate surface area is 143 Å². The SMILES string of the molecule is CC(C)(C)OC(=O)N(C(=O)OC(C)(C)C)c1ccc(I)nn1. The first-order valence-electron chi connectivity index (χ1n) is 6.64. The van der Waals surface area contributed by atoms with Crippen molar-refractivity contribution in [3.63, 3.8) is 0 Å². The van der Waals surface area contributed by atoms with Gasteiger partial charge in [0.25, 0.3) is 0 Å². The van der Waals surface area contributed by atoms with E-state index in [4.69, 9.17) is 9.47 Å². The van der Waals surface area contributed by atoms with Crippen LogP contribution in [0.1, 0.15) is 41.5 Å². The molecule has 0 N–H and O–H groups in total. The second-order valence-corrected chi connectivity index (χ2v) is 7.62. The molecule has 1 aromatic heterocycles. The van der Waals surface area contributed by atoms with Crippen molar-refractivity contribution >= 4 is 40.6 Å². The van der Waals surface area contributed by atoms with Gasteiger partial charge in [0.1, 0.15) is 14.9 Å². The lowest BCUT2D eigenvalue weighted by atomic mass is 10.2. The van der Waals surface area contributed by atoms with Crippen LogP contribution in [0.15, 0.2) is 12.1 Å². The molecular formula is C14H20IN3O4. The van der Waals surface area contributed by atoms with E-state index in [9.17, 15) is 9.59 Å². The molecule has 0 saturated heterocycles. The molecule has 0 atom stereocenters. The molecule has 0 bridgehead atoms. The lowest BCUT2D eigenvalue weighted by Crippen LogP contribution is -2.44. The van der Waals surface area contributed by atoms with Crippen LogP contribution in [0.2, 0.25) is 0 Å². The zero-order valence-electron chi connectivity index (χ0n) is 13.5. The van der Waals surface area contributed by atoms with E-state index >= 15 is 0 Å². The average molecular weight is 421 g/mol. The molecule has 0 unspecified atom stereocenters. The quantitative estimate of drug-likeness (QED) is 0.643. The van der Waals surface area contributed by atoms with Gasteiger partial charge in [-0.05, 0) is 76.3 Å². The molecule has 0 aliphatic heterocycles. The first kappa shape index (κ1) is 18.6. The van der Waals surface area contributed by atoms with Crippen molar-refractivity contribution in [2.45, 2.75) is 52.7 Å². The van der Waals surface area contributed by atoms with Gasteiger partial charge in [-0.3, -0.25) is 0 Å². The number of halogens is 1. The van der Waals surface area contributed by atoms with Crippen LogP contribution in [0.5, 0.6) is 0 Å². The number of hydrogen-bond acceptors (Lipinski definition) is 6. The number of carbonyl (C=O) groups is 2. The highest BCUT2D eigenvalue weighted by Crippen LogP contribution is 2.19. The van der Waals surface area contributed by atoms with Crippen LogP contribution in [0, 0.1) is 3.70 Å². The van der Waals surface area contributed by atoms with Crippen LogP contribution < -0.4 is 4.90 Å². The Morgan fingerprint density at radius 2 is 1.41 bits per heavy atom. The fourth-order valence-electron chi connectivity index (χ4n) is 1.30. The number of rotatable bonds is 1. The number of amides is 2. The van der Waals surface area contributed by atoms with Gasteiger partial charge in [0, 0.05) is 0 Å². The maximum Gasteiger partial charge on any atom is 0.425 e. The van der Waals surface area contributed by atoms with Crippen molar-refractivity contribution in [3.8, 4) is 0 Å². The molecule has 1 heterocycles. The second-order valence-electron chi connectivity index (χ2n) is 6.51. The van der Waals surface area contributed by atoms with Gasteiger partial charge in [-0.1, -0.05) is 0 Å². The normalized spacial score (nSPS) is 11.8. The van der Waals surface area contributed by atoms with Crippen molar-refractivity contribution in [1.29, 1.82) is 0 Å². The van der Waals surface area contributed by atoms with Gasteiger partial charge in [0.05, 0.1) is 0 Å². The third kappa shape index (κ3) is 6.12. The highest BCUT2D eigenvalue weighted by molar-refractivity contribution is 14.1. The number of carbonyl (C=O) groups excluding carboxylic acids is 2. The van der Waals surface area contributed by atoms with Crippen molar-refractivity contribution < 1.29 is 19.1 Å². The number of nitrogens with zero attached hydrogens (tertiary/aromatic N) is 3. The van der Waals surface area contributed by atoms with Crippen LogP contribution >= 0.6 is 22.6 Å². The first-order chi connectivity index (χ1) is 9.89. The minimum absolute atomic E-state index is 0.0453. The smallest absolute Gasteiger partial charge is 0.425 e. The Kier molecular flexibility index (Phi) is 5.71. The maximum absolute atomic E-state index is 12.3. The van der Waals surface area contributed by atoms with Crippen LogP contribution in [-0.4, -0.2) is 33.6 Å². The Hall–Kier alpha value is -1.45. The molecule has 1 aromatic rings. The van der Waals surface area contributed by atoms with Crippen LogP contribution in [0.4, 0.5) is 15.4 Å². The van der Waals surface area contributed by atoms with Gasteiger partial charge in [0.15, 0.2) is 5.82 Å². The molecule has 0 saturated carbocycles. The van der Waals surface area contributed by atoms with E-state index in [0.29, 0.717) is 3.70 Å². The minimum atomic E-state index is -0.864. The number of hydrogen-bond donors (Lipinski definition) is 0. The average Bonchev–Trinajstić information content (AvgIpc) is 2.27. The number of ether oxygens (including phenoxy) is 2. The van der Waals surface area contributed by atoms with Gasteiger partial charge in [0.2, 0.25) is 0 Å². The molecule has 2 amide bonds. The number of aromatic nitrogens is 2. The summed E-state index contributed by atoms with van der Waals surface area (Å²) in [4.78, 5) is 25.3. The highest BCUT2D eigenvalue weighted by Gasteiger charge is 2.33. The van der Waals surface area contributed by atoms with Crippen molar-refractivity contribution in [2.75, 3.05) is 4.90 Å². The van der Waals surface area contributed by atoms with Gasteiger partial charge in [-0.2, -0.15) is 4.90 Å². The molecule has 22 heavy (non-hydrogen) atoms.